The van der Waals surface area contributed by atoms with Gasteiger partial charge in [0.05, 0.1) is 6.10 Å². The molecule has 1 unspecified atom stereocenters. The summed E-state index contributed by atoms with van der Waals surface area (Å²) >= 11 is 0. The van der Waals surface area contributed by atoms with Gasteiger partial charge in [0, 0.05) is 6.42 Å². The summed E-state index contributed by atoms with van der Waals surface area (Å²) < 4.78 is 13.3. The molecule has 1 nitrogen and oxygen atoms in total. The highest BCUT2D eigenvalue weighted by Gasteiger charge is 2.12. The monoisotopic (exact) mass is 258 g/mol. The van der Waals surface area contributed by atoms with Gasteiger partial charge in [-0.15, -0.1) is 0 Å². The smallest absolute Gasteiger partial charge is 0.123 e. The standard InChI is InChI=1S/C17H19FO/c1-11-4-6-14(8-13(11)3)9-17(19)16-10-15(18)7-5-12(16)2/h4-8,10,17,19H,9H2,1-3H3. The molecule has 100 valence electrons. The van der Waals surface area contributed by atoms with Crippen LogP contribution in [0.3, 0.4) is 0 Å². The highest BCUT2D eigenvalue weighted by molar-refractivity contribution is 5.33. The number of hydrogen-bond donors (Lipinski definition) is 1. The molecule has 0 amide bonds. The van der Waals surface area contributed by atoms with Crippen molar-refractivity contribution in [1.82, 2.24) is 0 Å². The first kappa shape index (κ1) is 13.8. The van der Waals surface area contributed by atoms with E-state index in [9.17, 15) is 9.50 Å². The Morgan fingerprint density at radius 2 is 1.63 bits per heavy atom. The van der Waals surface area contributed by atoms with Gasteiger partial charge in [-0.05, 0) is 60.7 Å². The Balaban J connectivity index is 2.22. The lowest BCUT2D eigenvalue weighted by Gasteiger charge is -2.15. The van der Waals surface area contributed by atoms with E-state index < -0.39 is 6.10 Å². The molecule has 2 heteroatoms. The lowest BCUT2D eigenvalue weighted by Crippen LogP contribution is -2.05. The molecule has 0 aromatic heterocycles. The van der Waals surface area contributed by atoms with E-state index in [1.165, 1.54) is 23.3 Å². The van der Waals surface area contributed by atoms with Gasteiger partial charge in [0.2, 0.25) is 0 Å². The Bertz CT molecular complexity index is 590. The number of rotatable bonds is 3. The minimum Gasteiger partial charge on any atom is -0.388 e. The SMILES string of the molecule is Cc1ccc(CC(O)c2cc(F)ccc2C)cc1C. The van der Waals surface area contributed by atoms with E-state index in [2.05, 4.69) is 26.0 Å². The number of benzene rings is 2. The molecule has 0 aliphatic rings. The Kier molecular flexibility index (Phi) is 4.01. The number of halogens is 1. The topological polar surface area (TPSA) is 20.2 Å². The maximum absolute atomic E-state index is 13.3. The van der Waals surface area contributed by atoms with Crippen LogP contribution in [0.1, 0.15) is 33.9 Å². The van der Waals surface area contributed by atoms with Crippen molar-refractivity contribution in [3.63, 3.8) is 0 Å². The summed E-state index contributed by atoms with van der Waals surface area (Å²) in [6, 6.07) is 10.7. The zero-order valence-corrected chi connectivity index (χ0v) is 11.6. The van der Waals surface area contributed by atoms with Crippen molar-refractivity contribution in [1.29, 1.82) is 0 Å². The molecule has 2 rings (SSSR count). The first-order chi connectivity index (χ1) is 8.97. The van der Waals surface area contributed by atoms with Crippen LogP contribution in [-0.2, 0) is 6.42 Å². The van der Waals surface area contributed by atoms with Crippen LogP contribution in [0.4, 0.5) is 4.39 Å². The maximum atomic E-state index is 13.3. The molecule has 0 aliphatic carbocycles. The second-order valence-corrected chi connectivity index (χ2v) is 5.14. The number of hydrogen-bond acceptors (Lipinski definition) is 1. The van der Waals surface area contributed by atoms with Crippen LogP contribution in [0.2, 0.25) is 0 Å². The van der Waals surface area contributed by atoms with Gasteiger partial charge in [0.25, 0.3) is 0 Å². The molecule has 2 aromatic carbocycles. The zero-order chi connectivity index (χ0) is 14.0. The van der Waals surface area contributed by atoms with Gasteiger partial charge >= 0.3 is 0 Å². The molecule has 0 saturated carbocycles. The number of aliphatic hydroxyl groups excluding tert-OH is 1. The summed E-state index contributed by atoms with van der Waals surface area (Å²) in [5.74, 6) is -0.306. The van der Waals surface area contributed by atoms with Gasteiger partial charge in [-0.3, -0.25) is 0 Å². The first-order valence-corrected chi connectivity index (χ1v) is 6.47. The quantitative estimate of drug-likeness (QED) is 0.881. The van der Waals surface area contributed by atoms with E-state index >= 15 is 0 Å². The van der Waals surface area contributed by atoms with Crippen LogP contribution < -0.4 is 0 Å². The molecule has 1 N–H and O–H groups in total. The van der Waals surface area contributed by atoms with Crippen molar-refractivity contribution in [2.75, 3.05) is 0 Å². The number of aryl methyl sites for hydroxylation is 3. The third-order valence-corrected chi connectivity index (χ3v) is 3.60. The fourth-order valence-corrected chi connectivity index (χ4v) is 2.23. The van der Waals surface area contributed by atoms with Crippen molar-refractivity contribution in [3.05, 3.63) is 70.0 Å². The molecular formula is C17H19FO. The predicted molar refractivity (Wildman–Crippen MR) is 75.7 cm³/mol. The Labute approximate surface area is 113 Å². The second kappa shape index (κ2) is 5.54. The molecule has 0 bridgehead atoms. The van der Waals surface area contributed by atoms with Crippen LogP contribution in [0, 0.1) is 26.6 Å². The molecule has 0 aliphatic heterocycles. The van der Waals surface area contributed by atoms with E-state index in [4.69, 9.17) is 0 Å². The molecule has 1 atom stereocenters. The van der Waals surface area contributed by atoms with Crippen molar-refractivity contribution in [2.45, 2.75) is 33.3 Å². The predicted octanol–water partition coefficient (Wildman–Crippen LogP) is 4.03. The Morgan fingerprint density at radius 1 is 0.947 bits per heavy atom. The van der Waals surface area contributed by atoms with Gasteiger partial charge in [-0.25, -0.2) is 4.39 Å². The maximum Gasteiger partial charge on any atom is 0.123 e. The normalized spacial score (nSPS) is 12.5. The Morgan fingerprint density at radius 3 is 2.32 bits per heavy atom. The van der Waals surface area contributed by atoms with Crippen molar-refractivity contribution >= 4 is 0 Å². The minimum atomic E-state index is -0.669. The minimum absolute atomic E-state index is 0.306. The molecular weight excluding hydrogens is 239 g/mol. The van der Waals surface area contributed by atoms with E-state index in [0.717, 1.165) is 11.1 Å². The lowest BCUT2D eigenvalue weighted by atomic mass is 9.96. The lowest BCUT2D eigenvalue weighted by molar-refractivity contribution is 0.177. The summed E-state index contributed by atoms with van der Waals surface area (Å²) in [5, 5.41) is 10.3. The fourth-order valence-electron chi connectivity index (χ4n) is 2.23. The van der Waals surface area contributed by atoms with Gasteiger partial charge in [0.15, 0.2) is 0 Å². The van der Waals surface area contributed by atoms with Gasteiger partial charge in [-0.1, -0.05) is 24.3 Å². The summed E-state index contributed by atoms with van der Waals surface area (Å²) in [6.45, 7) is 6.00. The average molecular weight is 258 g/mol. The van der Waals surface area contributed by atoms with Crippen LogP contribution in [0.5, 0.6) is 0 Å². The summed E-state index contributed by atoms with van der Waals surface area (Å²) in [4.78, 5) is 0. The van der Waals surface area contributed by atoms with Crippen LogP contribution >= 0.6 is 0 Å². The Hall–Kier alpha value is -1.67. The van der Waals surface area contributed by atoms with E-state index in [1.54, 1.807) is 6.07 Å². The first-order valence-electron chi connectivity index (χ1n) is 6.47. The fraction of sp³-hybridized carbons (Fsp3) is 0.294. The van der Waals surface area contributed by atoms with Crippen LogP contribution in [-0.4, -0.2) is 5.11 Å². The average Bonchev–Trinajstić information content (AvgIpc) is 2.36. The van der Waals surface area contributed by atoms with Gasteiger partial charge in [0.1, 0.15) is 5.82 Å². The van der Waals surface area contributed by atoms with Crippen molar-refractivity contribution < 1.29 is 9.50 Å². The third kappa shape index (κ3) is 3.21. The molecule has 19 heavy (non-hydrogen) atoms. The third-order valence-electron chi connectivity index (χ3n) is 3.60. The summed E-state index contributed by atoms with van der Waals surface area (Å²) in [7, 11) is 0. The van der Waals surface area contributed by atoms with Crippen molar-refractivity contribution in [2.24, 2.45) is 0 Å². The van der Waals surface area contributed by atoms with Crippen LogP contribution in [0.15, 0.2) is 36.4 Å². The summed E-state index contributed by atoms with van der Waals surface area (Å²) in [6.07, 6.45) is -0.163. The summed E-state index contributed by atoms with van der Waals surface area (Å²) in [5.41, 5.74) is 5.09. The van der Waals surface area contributed by atoms with Crippen LogP contribution in [0.25, 0.3) is 0 Å². The molecule has 2 aromatic rings. The van der Waals surface area contributed by atoms with Gasteiger partial charge in [-0.2, -0.15) is 0 Å². The molecule has 0 spiro atoms. The van der Waals surface area contributed by atoms with E-state index in [-0.39, 0.29) is 5.82 Å². The molecule has 0 fully saturated rings. The second-order valence-electron chi connectivity index (χ2n) is 5.14. The largest absolute Gasteiger partial charge is 0.388 e. The highest BCUT2D eigenvalue weighted by atomic mass is 19.1. The molecule has 0 heterocycles. The molecule has 0 saturated heterocycles. The van der Waals surface area contributed by atoms with Crippen molar-refractivity contribution in [3.8, 4) is 0 Å². The van der Waals surface area contributed by atoms with E-state index in [0.29, 0.717) is 12.0 Å². The highest BCUT2D eigenvalue weighted by Crippen LogP contribution is 2.23. The molecule has 0 radical (unpaired) electrons. The van der Waals surface area contributed by atoms with E-state index in [1.807, 2.05) is 13.0 Å². The van der Waals surface area contributed by atoms with Gasteiger partial charge < -0.3 is 5.11 Å². The zero-order valence-electron chi connectivity index (χ0n) is 11.6. The number of aliphatic hydroxyl groups is 1.